The van der Waals surface area contributed by atoms with Gasteiger partial charge in [-0.1, -0.05) is 13.8 Å². The topological polar surface area (TPSA) is 84.9 Å². The number of ether oxygens (including phenoxy) is 2. The van der Waals surface area contributed by atoms with E-state index in [1.807, 2.05) is 13.8 Å². The quantitative estimate of drug-likeness (QED) is 0.596. The molecule has 0 aromatic heterocycles. The van der Waals surface area contributed by atoms with E-state index in [-0.39, 0.29) is 23.6 Å². The van der Waals surface area contributed by atoms with Crippen LogP contribution >= 0.6 is 15.9 Å². The molecule has 0 radical (unpaired) electrons. The van der Waals surface area contributed by atoms with Crippen molar-refractivity contribution in [3.63, 3.8) is 0 Å². The number of nitrogens with one attached hydrogen (secondary N) is 1. The Hall–Kier alpha value is -2.28. The fourth-order valence-corrected chi connectivity index (χ4v) is 4.73. The van der Waals surface area contributed by atoms with Crippen molar-refractivity contribution in [2.45, 2.75) is 53.4 Å². The molecule has 2 aliphatic rings. The van der Waals surface area contributed by atoms with Gasteiger partial charge in [0.05, 0.1) is 23.3 Å². The van der Waals surface area contributed by atoms with Crippen molar-refractivity contribution in [3.05, 3.63) is 44.7 Å². The first-order chi connectivity index (χ1) is 14.1. The van der Waals surface area contributed by atoms with Gasteiger partial charge in [0.2, 0.25) is 0 Å². The van der Waals surface area contributed by atoms with E-state index in [2.05, 4.69) is 35.1 Å². The highest BCUT2D eigenvalue weighted by Gasteiger charge is 2.43. The minimum absolute atomic E-state index is 0.00945. The first-order valence-corrected chi connectivity index (χ1v) is 10.9. The zero-order chi connectivity index (χ0) is 22.2. The molecule has 6 nitrogen and oxygen atoms in total. The average molecular weight is 478 g/mol. The van der Waals surface area contributed by atoms with Crippen LogP contribution in [-0.2, 0) is 14.3 Å². The molecule has 3 rings (SSSR count). The Labute approximate surface area is 185 Å². The van der Waals surface area contributed by atoms with Crippen molar-refractivity contribution in [3.8, 4) is 11.5 Å². The number of esters is 1. The number of carbonyl (C=O) groups is 2. The van der Waals surface area contributed by atoms with E-state index >= 15 is 0 Å². The van der Waals surface area contributed by atoms with Crippen LogP contribution in [0.2, 0.25) is 0 Å². The maximum atomic E-state index is 13.3. The summed E-state index contributed by atoms with van der Waals surface area (Å²) >= 11 is 3.38. The third kappa shape index (κ3) is 4.13. The van der Waals surface area contributed by atoms with Crippen molar-refractivity contribution in [2.24, 2.45) is 5.41 Å². The van der Waals surface area contributed by atoms with Gasteiger partial charge >= 0.3 is 5.97 Å². The number of halogens is 1. The minimum Gasteiger partial charge on any atom is -0.503 e. The number of allylic oxidation sites excluding steroid dienone is 3. The summed E-state index contributed by atoms with van der Waals surface area (Å²) in [7, 11) is 0. The number of phenols is 1. The minimum atomic E-state index is -0.597. The van der Waals surface area contributed by atoms with E-state index in [0.717, 1.165) is 5.70 Å². The Balaban J connectivity index is 2.24. The number of Topliss-reactive ketones (excluding diaryl/α,β-unsaturated/α-hetero) is 1. The van der Waals surface area contributed by atoms with E-state index in [0.29, 0.717) is 52.1 Å². The number of rotatable bonds is 5. The highest BCUT2D eigenvalue weighted by molar-refractivity contribution is 9.10. The van der Waals surface area contributed by atoms with E-state index in [4.69, 9.17) is 9.47 Å². The van der Waals surface area contributed by atoms with Crippen LogP contribution in [0.1, 0.15) is 58.9 Å². The van der Waals surface area contributed by atoms with Crippen LogP contribution in [0, 0.1) is 5.41 Å². The van der Waals surface area contributed by atoms with Crippen molar-refractivity contribution < 1.29 is 24.2 Å². The molecule has 30 heavy (non-hydrogen) atoms. The molecule has 0 spiro atoms. The average Bonchev–Trinajstić information content (AvgIpc) is 2.63. The molecular weight excluding hydrogens is 450 g/mol. The third-order valence-corrected chi connectivity index (χ3v) is 6.02. The molecule has 0 amide bonds. The maximum Gasteiger partial charge on any atom is 0.336 e. The van der Waals surface area contributed by atoms with Crippen molar-refractivity contribution in [2.75, 3.05) is 13.2 Å². The molecule has 2 N–H and O–H groups in total. The molecule has 1 aliphatic carbocycles. The summed E-state index contributed by atoms with van der Waals surface area (Å²) < 4.78 is 11.4. The van der Waals surface area contributed by atoms with Gasteiger partial charge < -0.3 is 19.9 Å². The molecule has 0 unspecified atom stereocenters. The molecule has 1 aromatic carbocycles. The molecule has 0 fully saturated rings. The second kappa shape index (κ2) is 8.46. The number of hydrogen-bond acceptors (Lipinski definition) is 6. The van der Waals surface area contributed by atoms with Crippen LogP contribution in [0.15, 0.2) is 39.1 Å². The monoisotopic (exact) mass is 477 g/mol. The first-order valence-electron chi connectivity index (χ1n) is 10.2. The predicted molar refractivity (Wildman–Crippen MR) is 117 cm³/mol. The normalized spacial score (nSPS) is 20.6. The third-order valence-electron chi connectivity index (χ3n) is 5.42. The number of dihydropyridines is 1. The van der Waals surface area contributed by atoms with Gasteiger partial charge in [-0.25, -0.2) is 4.79 Å². The summed E-state index contributed by atoms with van der Waals surface area (Å²) in [6.07, 6.45) is 1.10. The van der Waals surface area contributed by atoms with Gasteiger partial charge in [-0.05, 0) is 66.2 Å². The molecule has 0 bridgehead atoms. The van der Waals surface area contributed by atoms with Crippen LogP contribution in [0.5, 0.6) is 11.5 Å². The van der Waals surface area contributed by atoms with E-state index in [1.54, 1.807) is 19.1 Å². The van der Waals surface area contributed by atoms with E-state index in [9.17, 15) is 14.7 Å². The summed E-state index contributed by atoms with van der Waals surface area (Å²) in [6, 6.07) is 3.43. The molecule has 0 saturated carbocycles. The lowest BCUT2D eigenvalue weighted by Gasteiger charge is -2.39. The highest BCUT2D eigenvalue weighted by Crippen LogP contribution is 2.49. The fourth-order valence-electron chi connectivity index (χ4n) is 4.27. The Morgan fingerprint density at radius 2 is 1.97 bits per heavy atom. The second-order valence-corrected chi connectivity index (χ2v) is 9.29. The molecule has 1 aromatic rings. The van der Waals surface area contributed by atoms with Crippen molar-refractivity contribution in [1.82, 2.24) is 5.32 Å². The number of hydrogen-bond donors (Lipinski definition) is 2. The smallest absolute Gasteiger partial charge is 0.336 e. The molecule has 0 saturated heterocycles. The summed E-state index contributed by atoms with van der Waals surface area (Å²) in [5.74, 6) is -0.765. The van der Waals surface area contributed by atoms with Gasteiger partial charge in [0, 0.05) is 29.3 Å². The number of carbonyl (C=O) groups excluding carboxylic acids is 2. The van der Waals surface area contributed by atoms with Gasteiger partial charge in [0.1, 0.15) is 0 Å². The first kappa shape index (κ1) is 22.4. The van der Waals surface area contributed by atoms with E-state index in [1.165, 1.54) is 0 Å². The van der Waals surface area contributed by atoms with Gasteiger partial charge in [0.15, 0.2) is 17.3 Å². The Morgan fingerprint density at radius 3 is 2.60 bits per heavy atom. The zero-order valence-electron chi connectivity index (χ0n) is 18.0. The van der Waals surface area contributed by atoms with Crippen LogP contribution in [-0.4, -0.2) is 30.1 Å². The lowest BCUT2D eigenvalue weighted by Crippen LogP contribution is -2.38. The lowest BCUT2D eigenvalue weighted by atomic mass is 9.68. The maximum absolute atomic E-state index is 13.3. The molecule has 1 heterocycles. The van der Waals surface area contributed by atoms with Crippen LogP contribution in [0.25, 0.3) is 0 Å². The van der Waals surface area contributed by atoms with Gasteiger partial charge in [-0.15, -0.1) is 0 Å². The fraction of sp³-hybridized carbons (Fsp3) is 0.478. The number of phenolic OH excluding ortho intramolecular Hbond substituents is 1. The zero-order valence-corrected chi connectivity index (χ0v) is 19.6. The Kier molecular flexibility index (Phi) is 6.32. The van der Waals surface area contributed by atoms with Crippen molar-refractivity contribution in [1.29, 1.82) is 0 Å². The van der Waals surface area contributed by atoms with Gasteiger partial charge in [-0.3, -0.25) is 4.79 Å². The second-order valence-electron chi connectivity index (χ2n) is 8.43. The molecule has 1 atom stereocenters. The largest absolute Gasteiger partial charge is 0.503 e. The lowest BCUT2D eigenvalue weighted by molar-refractivity contribution is -0.138. The Morgan fingerprint density at radius 1 is 1.27 bits per heavy atom. The van der Waals surface area contributed by atoms with Crippen molar-refractivity contribution >= 4 is 27.7 Å². The standard InChI is InChI=1S/C23H28BrNO5/c1-6-29-17-9-13(8-14(24)21(17)27)19-18(22(28)30-7-2)12(3)25-15-10-23(4,5)11-16(26)20(15)19/h8-9,19,25,27H,6-7,10-11H2,1-5H3/t19-/m1/s1. The molecular formula is C23H28BrNO5. The summed E-state index contributed by atoms with van der Waals surface area (Å²) in [6.45, 7) is 10.1. The summed E-state index contributed by atoms with van der Waals surface area (Å²) in [5, 5.41) is 13.7. The predicted octanol–water partition coefficient (Wildman–Crippen LogP) is 4.72. The van der Waals surface area contributed by atoms with Crippen LogP contribution < -0.4 is 10.1 Å². The van der Waals surface area contributed by atoms with E-state index < -0.39 is 11.9 Å². The number of ketones is 1. The number of aromatic hydroxyl groups is 1. The highest BCUT2D eigenvalue weighted by atomic mass is 79.9. The Bertz CT molecular complexity index is 961. The van der Waals surface area contributed by atoms with Gasteiger partial charge in [0.25, 0.3) is 0 Å². The van der Waals surface area contributed by atoms with Crippen LogP contribution in [0.3, 0.4) is 0 Å². The summed E-state index contributed by atoms with van der Waals surface area (Å²) in [5.41, 5.74) is 3.03. The molecule has 7 heteroatoms. The van der Waals surface area contributed by atoms with Crippen LogP contribution in [0.4, 0.5) is 0 Å². The molecule has 162 valence electrons. The molecule has 1 aliphatic heterocycles. The summed E-state index contributed by atoms with van der Waals surface area (Å²) in [4.78, 5) is 26.2. The number of benzene rings is 1. The van der Waals surface area contributed by atoms with Gasteiger partial charge in [-0.2, -0.15) is 0 Å². The SMILES string of the molecule is CCOC(=O)C1=C(C)NC2=C(C(=O)CC(C)(C)C2)[C@@H]1c1cc(Br)c(O)c(OCC)c1.